The van der Waals surface area contributed by atoms with Gasteiger partial charge in [0.05, 0.1) is 17.1 Å². The van der Waals surface area contributed by atoms with Crippen molar-refractivity contribution in [3.05, 3.63) is 76.0 Å². The average molecular weight is 351 g/mol. The van der Waals surface area contributed by atoms with Gasteiger partial charge in [-0.2, -0.15) is 0 Å². The second-order valence-electron chi connectivity index (χ2n) is 5.86. The van der Waals surface area contributed by atoms with Gasteiger partial charge in [-0.25, -0.2) is 4.98 Å². The first-order chi connectivity index (χ1) is 12.2. The number of carbonyl (C=O) groups excluding carboxylic acids is 1. The van der Waals surface area contributed by atoms with Crippen LogP contribution in [0.4, 0.5) is 5.69 Å². The quantitative estimate of drug-likeness (QED) is 0.698. The number of rotatable bonds is 7. The third-order valence-electron chi connectivity index (χ3n) is 3.96. The molecule has 5 heteroatoms. The van der Waals surface area contributed by atoms with E-state index in [1.165, 1.54) is 11.1 Å². The van der Waals surface area contributed by atoms with Gasteiger partial charge >= 0.3 is 0 Å². The second-order valence-corrected chi connectivity index (χ2v) is 6.81. The van der Waals surface area contributed by atoms with E-state index < -0.39 is 0 Å². The number of amides is 1. The van der Waals surface area contributed by atoms with Crippen LogP contribution in [-0.2, 0) is 30.5 Å². The van der Waals surface area contributed by atoms with E-state index in [2.05, 4.69) is 22.2 Å². The summed E-state index contributed by atoms with van der Waals surface area (Å²) in [6, 6.07) is 12.0. The number of pyridine rings is 1. The lowest BCUT2D eigenvalue weighted by atomic mass is 10.1. The highest BCUT2D eigenvalue weighted by Crippen LogP contribution is 2.15. The van der Waals surface area contributed by atoms with E-state index in [9.17, 15) is 4.79 Å². The van der Waals surface area contributed by atoms with Crippen LogP contribution in [0.3, 0.4) is 0 Å². The second kappa shape index (κ2) is 8.53. The van der Waals surface area contributed by atoms with E-state index in [-0.39, 0.29) is 5.91 Å². The van der Waals surface area contributed by atoms with Gasteiger partial charge in [0, 0.05) is 29.9 Å². The number of nitrogens with one attached hydrogen (secondary N) is 1. The molecule has 1 N–H and O–H groups in total. The predicted molar refractivity (Wildman–Crippen MR) is 102 cm³/mol. The van der Waals surface area contributed by atoms with E-state index in [4.69, 9.17) is 0 Å². The van der Waals surface area contributed by atoms with Gasteiger partial charge in [-0.1, -0.05) is 19.1 Å². The van der Waals surface area contributed by atoms with Gasteiger partial charge in [0.1, 0.15) is 0 Å². The van der Waals surface area contributed by atoms with Crippen LogP contribution in [0, 0.1) is 0 Å². The molecule has 4 nitrogen and oxygen atoms in total. The van der Waals surface area contributed by atoms with Crippen molar-refractivity contribution in [3.63, 3.8) is 0 Å². The lowest BCUT2D eigenvalue weighted by molar-refractivity contribution is -0.115. The summed E-state index contributed by atoms with van der Waals surface area (Å²) in [5.41, 5.74) is 4.17. The van der Waals surface area contributed by atoms with Gasteiger partial charge in [0.2, 0.25) is 5.91 Å². The first kappa shape index (κ1) is 17.3. The Kier molecular flexibility index (Phi) is 5.90. The molecule has 0 saturated heterocycles. The van der Waals surface area contributed by atoms with E-state index in [1.807, 2.05) is 41.8 Å². The minimum absolute atomic E-state index is 0.0322. The lowest BCUT2D eigenvalue weighted by Gasteiger charge is -2.05. The molecule has 0 fully saturated rings. The summed E-state index contributed by atoms with van der Waals surface area (Å²) in [5.74, 6) is -0.0322. The summed E-state index contributed by atoms with van der Waals surface area (Å²) < 4.78 is 0. The first-order valence-corrected chi connectivity index (χ1v) is 9.32. The number of benzene rings is 1. The molecule has 3 aromatic rings. The normalized spacial score (nSPS) is 10.6. The van der Waals surface area contributed by atoms with Gasteiger partial charge in [-0.05, 0) is 48.2 Å². The Morgan fingerprint density at radius 3 is 2.52 bits per heavy atom. The van der Waals surface area contributed by atoms with Crippen molar-refractivity contribution in [2.24, 2.45) is 0 Å². The first-order valence-electron chi connectivity index (χ1n) is 8.44. The summed E-state index contributed by atoms with van der Waals surface area (Å²) in [6.45, 7) is 2.11. The fourth-order valence-corrected chi connectivity index (χ4v) is 3.34. The predicted octanol–water partition coefficient (Wildman–Crippen LogP) is 4.07. The number of carbonyl (C=O) groups is 1. The molecule has 0 bridgehead atoms. The zero-order valence-electron chi connectivity index (χ0n) is 14.2. The molecule has 0 aliphatic carbocycles. The van der Waals surface area contributed by atoms with E-state index in [1.54, 1.807) is 23.7 Å². The Balaban J connectivity index is 1.50. The van der Waals surface area contributed by atoms with Gasteiger partial charge < -0.3 is 5.32 Å². The summed E-state index contributed by atoms with van der Waals surface area (Å²) >= 11 is 1.62. The maximum absolute atomic E-state index is 12.2. The van der Waals surface area contributed by atoms with Crippen LogP contribution >= 0.6 is 11.3 Å². The molecule has 0 atom stereocenters. The number of hydrogen-bond acceptors (Lipinski definition) is 4. The smallest absolute Gasteiger partial charge is 0.230 e. The van der Waals surface area contributed by atoms with Gasteiger partial charge in [0.15, 0.2) is 0 Å². The van der Waals surface area contributed by atoms with Crippen molar-refractivity contribution in [1.29, 1.82) is 0 Å². The molecular formula is C20H21N3OS. The Bertz CT molecular complexity index is 812. The summed E-state index contributed by atoms with van der Waals surface area (Å²) in [4.78, 5) is 20.8. The number of anilines is 1. The van der Waals surface area contributed by atoms with Gasteiger partial charge in [-0.3, -0.25) is 9.78 Å². The maximum atomic E-state index is 12.2. The Labute approximate surface area is 152 Å². The zero-order chi connectivity index (χ0) is 17.5. The molecule has 0 unspecified atom stereocenters. The number of nitrogens with zero attached hydrogens (tertiary/aromatic N) is 2. The van der Waals surface area contributed by atoms with Crippen LogP contribution in [0.1, 0.15) is 28.8 Å². The molecule has 25 heavy (non-hydrogen) atoms. The number of hydrogen-bond donors (Lipinski definition) is 1. The molecule has 0 saturated carbocycles. The standard InChI is InChI=1S/C20H21N3OS/c1-2-15-3-6-17(7-4-15)22-19(24)13-18-14-25-20(23-18)8-5-16-9-11-21-12-10-16/h3-4,6-7,9-12,14H,2,5,8,13H2,1H3,(H,22,24). The summed E-state index contributed by atoms with van der Waals surface area (Å²) in [6.07, 6.45) is 6.73. The maximum Gasteiger partial charge on any atom is 0.230 e. The monoisotopic (exact) mass is 351 g/mol. The van der Waals surface area contributed by atoms with Gasteiger partial charge in [0.25, 0.3) is 0 Å². The van der Waals surface area contributed by atoms with Crippen molar-refractivity contribution < 1.29 is 4.79 Å². The minimum Gasteiger partial charge on any atom is -0.326 e. The molecule has 1 aromatic carbocycles. The van der Waals surface area contributed by atoms with Crippen molar-refractivity contribution in [3.8, 4) is 0 Å². The Hall–Kier alpha value is -2.53. The average Bonchev–Trinajstić information content (AvgIpc) is 3.08. The molecule has 0 aliphatic rings. The van der Waals surface area contributed by atoms with E-state index in [0.717, 1.165) is 35.7 Å². The molecular weight excluding hydrogens is 330 g/mol. The van der Waals surface area contributed by atoms with E-state index >= 15 is 0 Å². The lowest BCUT2D eigenvalue weighted by Crippen LogP contribution is -2.14. The largest absolute Gasteiger partial charge is 0.326 e. The van der Waals surface area contributed by atoms with Crippen molar-refractivity contribution in [1.82, 2.24) is 9.97 Å². The van der Waals surface area contributed by atoms with Crippen LogP contribution in [0.15, 0.2) is 54.2 Å². The number of aryl methyl sites for hydroxylation is 3. The number of aromatic nitrogens is 2. The van der Waals surface area contributed by atoms with Crippen LogP contribution < -0.4 is 5.32 Å². The van der Waals surface area contributed by atoms with Crippen LogP contribution in [0.5, 0.6) is 0 Å². The highest BCUT2D eigenvalue weighted by Gasteiger charge is 2.08. The SMILES string of the molecule is CCc1ccc(NC(=O)Cc2csc(CCc3ccncc3)n2)cc1. The Morgan fingerprint density at radius 1 is 1.04 bits per heavy atom. The number of thiazole rings is 1. The third kappa shape index (κ3) is 5.22. The van der Waals surface area contributed by atoms with Crippen LogP contribution in [0.2, 0.25) is 0 Å². The molecule has 0 aliphatic heterocycles. The topological polar surface area (TPSA) is 54.9 Å². The van der Waals surface area contributed by atoms with E-state index in [0.29, 0.717) is 6.42 Å². The molecule has 2 aromatic heterocycles. The van der Waals surface area contributed by atoms with Crippen LogP contribution in [-0.4, -0.2) is 15.9 Å². The molecule has 1 amide bonds. The third-order valence-corrected chi connectivity index (χ3v) is 4.92. The highest BCUT2D eigenvalue weighted by atomic mass is 32.1. The van der Waals surface area contributed by atoms with Crippen molar-refractivity contribution >= 4 is 22.9 Å². The summed E-state index contributed by atoms with van der Waals surface area (Å²) in [7, 11) is 0. The highest BCUT2D eigenvalue weighted by molar-refractivity contribution is 7.09. The fourth-order valence-electron chi connectivity index (χ4n) is 2.54. The molecule has 128 valence electrons. The van der Waals surface area contributed by atoms with Gasteiger partial charge in [-0.15, -0.1) is 11.3 Å². The van der Waals surface area contributed by atoms with Crippen molar-refractivity contribution in [2.45, 2.75) is 32.6 Å². The molecule has 0 radical (unpaired) electrons. The molecule has 0 spiro atoms. The summed E-state index contributed by atoms with van der Waals surface area (Å²) in [5, 5.41) is 5.96. The fraction of sp³-hybridized carbons (Fsp3) is 0.250. The molecule has 2 heterocycles. The van der Waals surface area contributed by atoms with Crippen molar-refractivity contribution in [2.75, 3.05) is 5.32 Å². The zero-order valence-corrected chi connectivity index (χ0v) is 15.1. The molecule has 3 rings (SSSR count). The van der Waals surface area contributed by atoms with Crippen LogP contribution in [0.25, 0.3) is 0 Å². The Morgan fingerprint density at radius 2 is 1.80 bits per heavy atom. The minimum atomic E-state index is -0.0322.